The Balaban J connectivity index is 1.22. The zero-order valence-electron chi connectivity index (χ0n) is 19.6. The van der Waals surface area contributed by atoms with E-state index >= 15 is 0 Å². The van der Waals surface area contributed by atoms with Crippen LogP contribution in [0.5, 0.6) is 0 Å². The number of carboxylic acids is 1. The van der Waals surface area contributed by atoms with E-state index < -0.39 is 18.1 Å². The summed E-state index contributed by atoms with van der Waals surface area (Å²) in [6, 6.07) is 15.2. The number of amides is 2. The lowest BCUT2D eigenvalue weighted by Gasteiger charge is -2.45. The molecule has 8 nitrogen and oxygen atoms in total. The number of carboxylic acid groups (broad SMARTS) is 1. The van der Waals surface area contributed by atoms with Crippen LogP contribution in [-0.2, 0) is 14.3 Å². The van der Waals surface area contributed by atoms with Gasteiger partial charge >= 0.3 is 12.1 Å². The van der Waals surface area contributed by atoms with Gasteiger partial charge in [-0.2, -0.15) is 0 Å². The number of piperidine rings is 3. The highest BCUT2D eigenvalue weighted by molar-refractivity contribution is 5.86. The Morgan fingerprint density at radius 3 is 2.20 bits per heavy atom. The van der Waals surface area contributed by atoms with Gasteiger partial charge in [0.25, 0.3) is 0 Å². The number of ether oxygens (including phenoxy) is 1. The summed E-state index contributed by atoms with van der Waals surface area (Å²) in [7, 11) is 0. The number of carbonyl (C=O) groups is 3. The maximum absolute atomic E-state index is 13.0. The molecule has 2 aromatic rings. The minimum absolute atomic E-state index is 0.00641. The van der Waals surface area contributed by atoms with Crippen LogP contribution in [-0.4, -0.2) is 66.3 Å². The van der Waals surface area contributed by atoms with Gasteiger partial charge in [0.2, 0.25) is 5.91 Å². The first-order valence-corrected chi connectivity index (χ1v) is 12.4. The molecule has 0 aromatic heterocycles. The lowest BCUT2D eigenvalue weighted by Crippen LogP contribution is -2.60. The molecule has 0 spiro atoms. The molecule has 4 aliphatic rings. The van der Waals surface area contributed by atoms with Crippen LogP contribution in [0.4, 0.5) is 4.79 Å². The van der Waals surface area contributed by atoms with Crippen LogP contribution in [0, 0.1) is 5.92 Å². The minimum atomic E-state index is -1.01. The third-order valence-electron chi connectivity index (χ3n) is 7.58. The van der Waals surface area contributed by atoms with Crippen molar-refractivity contribution in [2.24, 2.45) is 5.92 Å². The fraction of sp³-hybridized carbons (Fsp3) is 0.444. The van der Waals surface area contributed by atoms with Gasteiger partial charge in [-0.25, -0.2) is 4.79 Å². The molecule has 8 heteroatoms. The molecule has 6 rings (SSSR count). The van der Waals surface area contributed by atoms with E-state index in [1.165, 1.54) is 0 Å². The number of aliphatic carboxylic acids is 1. The molecule has 3 heterocycles. The molecule has 3 aliphatic heterocycles. The molecule has 2 amide bonds. The molecule has 2 bridgehead atoms. The van der Waals surface area contributed by atoms with Crippen LogP contribution in [0.2, 0.25) is 0 Å². The number of nitrogens with one attached hydrogen (secondary N) is 2. The molecule has 0 radical (unpaired) electrons. The fourth-order valence-corrected chi connectivity index (χ4v) is 5.73. The first-order valence-electron chi connectivity index (χ1n) is 12.4. The van der Waals surface area contributed by atoms with Crippen LogP contribution in [0.3, 0.4) is 0 Å². The molecule has 35 heavy (non-hydrogen) atoms. The Morgan fingerprint density at radius 1 is 1.00 bits per heavy atom. The van der Waals surface area contributed by atoms with E-state index in [9.17, 15) is 14.4 Å². The Hall–Kier alpha value is -3.39. The Kier molecular flexibility index (Phi) is 6.72. The molecule has 3 saturated heterocycles. The predicted octanol–water partition coefficient (Wildman–Crippen LogP) is 2.97. The number of carbonyl (C=O) groups excluding carboxylic acids is 2. The van der Waals surface area contributed by atoms with Crippen molar-refractivity contribution in [2.75, 3.05) is 26.2 Å². The van der Waals surface area contributed by atoms with Gasteiger partial charge in [0.15, 0.2) is 0 Å². The van der Waals surface area contributed by atoms with Crippen molar-refractivity contribution in [1.82, 2.24) is 15.5 Å². The molecule has 2 aromatic carbocycles. The van der Waals surface area contributed by atoms with E-state index in [-0.39, 0.29) is 37.3 Å². The smallest absolute Gasteiger partial charge is 0.407 e. The normalized spacial score (nSPS) is 23.1. The second-order valence-corrected chi connectivity index (χ2v) is 9.71. The van der Waals surface area contributed by atoms with Crippen LogP contribution < -0.4 is 10.6 Å². The van der Waals surface area contributed by atoms with Crippen LogP contribution in [0.15, 0.2) is 48.5 Å². The zero-order chi connectivity index (χ0) is 24.4. The number of nitrogens with zero attached hydrogens (tertiary/aromatic N) is 1. The maximum Gasteiger partial charge on any atom is 0.407 e. The highest BCUT2D eigenvalue weighted by Gasteiger charge is 2.36. The van der Waals surface area contributed by atoms with Crippen molar-refractivity contribution in [3.8, 4) is 11.1 Å². The highest BCUT2D eigenvalue weighted by Crippen LogP contribution is 2.44. The standard InChI is InChI=1S/C27H31N3O5/c31-25(32)10-9-23(26(33)28-24-15-30-13-11-17(24)12-14-30)29-27(34)35-16-22-20-7-3-1-5-18(20)19-6-2-4-8-21(19)22/h1-8,17,22-24H,9-16H2,(H,28,33)(H,29,34)(H,31,32). The van der Waals surface area contributed by atoms with E-state index in [1.807, 2.05) is 36.4 Å². The van der Waals surface area contributed by atoms with Crippen molar-refractivity contribution in [3.05, 3.63) is 59.7 Å². The van der Waals surface area contributed by atoms with Gasteiger partial charge in [-0.3, -0.25) is 9.59 Å². The second-order valence-electron chi connectivity index (χ2n) is 9.71. The van der Waals surface area contributed by atoms with Gasteiger partial charge in [0.05, 0.1) is 0 Å². The fourth-order valence-electron chi connectivity index (χ4n) is 5.73. The molecular weight excluding hydrogens is 446 g/mol. The summed E-state index contributed by atoms with van der Waals surface area (Å²) in [5.74, 6) is -1.02. The van der Waals surface area contributed by atoms with Crippen molar-refractivity contribution in [3.63, 3.8) is 0 Å². The van der Waals surface area contributed by atoms with Crippen molar-refractivity contribution >= 4 is 18.0 Å². The number of rotatable bonds is 8. The summed E-state index contributed by atoms with van der Waals surface area (Å²) in [5.41, 5.74) is 4.47. The first kappa shape index (κ1) is 23.4. The molecule has 2 atom stereocenters. The SMILES string of the molecule is O=C(O)CCC(NC(=O)OCC1c2ccccc2-c2ccccc21)C(=O)NC1CN2CCC1CC2. The summed E-state index contributed by atoms with van der Waals surface area (Å²) in [5, 5.41) is 14.8. The highest BCUT2D eigenvalue weighted by atomic mass is 16.5. The number of hydrogen-bond acceptors (Lipinski definition) is 5. The summed E-state index contributed by atoms with van der Waals surface area (Å²) in [6.45, 7) is 3.04. The number of hydrogen-bond donors (Lipinski definition) is 3. The third kappa shape index (κ3) is 5.03. The molecule has 3 N–H and O–H groups in total. The number of alkyl carbamates (subject to hydrolysis) is 1. The molecular formula is C27H31N3O5. The average molecular weight is 478 g/mol. The Labute approximate surface area is 204 Å². The van der Waals surface area contributed by atoms with Gasteiger partial charge < -0.3 is 25.4 Å². The molecule has 2 unspecified atom stereocenters. The molecule has 3 fully saturated rings. The largest absolute Gasteiger partial charge is 0.481 e. The van der Waals surface area contributed by atoms with Gasteiger partial charge in [0, 0.05) is 24.9 Å². The molecule has 0 saturated carbocycles. The average Bonchev–Trinajstić information content (AvgIpc) is 3.19. The number of benzene rings is 2. The lowest BCUT2D eigenvalue weighted by atomic mass is 9.84. The Bertz CT molecular complexity index is 1070. The Morgan fingerprint density at radius 2 is 1.63 bits per heavy atom. The van der Waals surface area contributed by atoms with Gasteiger partial charge in [0.1, 0.15) is 12.6 Å². The third-order valence-corrected chi connectivity index (χ3v) is 7.58. The van der Waals surface area contributed by atoms with E-state index in [1.54, 1.807) is 0 Å². The van der Waals surface area contributed by atoms with Crippen molar-refractivity contribution in [2.45, 2.75) is 43.7 Å². The van der Waals surface area contributed by atoms with E-state index in [0.29, 0.717) is 5.92 Å². The predicted molar refractivity (Wildman–Crippen MR) is 130 cm³/mol. The van der Waals surface area contributed by atoms with Crippen LogP contribution in [0.25, 0.3) is 11.1 Å². The van der Waals surface area contributed by atoms with Crippen LogP contribution in [0.1, 0.15) is 42.7 Å². The second kappa shape index (κ2) is 10.1. The summed E-state index contributed by atoms with van der Waals surface area (Å²) >= 11 is 0. The minimum Gasteiger partial charge on any atom is -0.481 e. The summed E-state index contributed by atoms with van der Waals surface area (Å²) in [4.78, 5) is 39.3. The van der Waals surface area contributed by atoms with Gasteiger partial charge in [-0.15, -0.1) is 0 Å². The van der Waals surface area contributed by atoms with Crippen LogP contribution >= 0.6 is 0 Å². The number of fused-ring (bicyclic) bond motifs is 6. The zero-order valence-corrected chi connectivity index (χ0v) is 19.6. The summed E-state index contributed by atoms with van der Waals surface area (Å²) < 4.78 is 5.58. The van der Waals surface area contributed by atoms with Crippen molar-refractivity contribution < 1.29 is 24.2 Å². The topological polar surface area (TPSA) is 108 Å². The van der Waals surface area contributed by atoms with Gasteiger partial charge in [-0.05, 0) is 60.5 Å². The van der Waals surface area contributed by atoms with E-state index in [0.717, 1.165) is 54.7 Å². The van der Waals surface area contributed by atoms with E-state index in [4.69, 9.17) is 9.84 Å². The summed E-state index contributed by atoms with van der Waals surface area (Å²) in [6.07, 6.45) is 1.16. The monoisotopic (exact) mass is 477 g/mol. The van der Waals surface area contributed by atoms with Crippen molar-refractivity contribution in [1.29, 1.82) is 0 Å². The quantitative estimate of drug-likeness (QED) is 0.540. The maximum atomic E-state index is 13.0. The molecule has 184 valence electrons. The van der Waals surface area contributed by atoms with E-state index in [2.05, 4.69) is 27.7 Å². The first-order chi connectivity index (χ1) is 17.0. The lowest BCUT2D eigenvalue weighted by molar-refractivity contribution is -0.137. The van der Waals surface area contributed by atoms with Gasteiger partial charge in [-0.1, -0.05) is 48.5 Å². The molecule has 1 aliphatic carbocycles.